The van der Waals surface area contributed by atoms with Gasteiger partial charge in [-0.1, -0.05) is 6.92 Å². The molecule has 3 unspecified atom stereocenters. The minimum atomic E-state index is 0. The summed E-state index contributed by atoms with van der Waals surface area (Å²) in [5, 5.41) is 7.85. The lowest BCUT2D eigenvalue weighted by Gasteiger charge is -2.38. The van der Waals surface area contributed by atoms with Crippen molar-refractivity contribution in [3.05, 3.63) is 18.0 Å². The van der Waals surface area contributed by atoms with Crippen LogP contribution < -0.4 is 5.32 Å². The van der Waals surface area contributed by atoms with Crippen molar-refractivity contribution in [2.24, 2.45) is 18.0 Å². The summed E-state index contributed by atoms with van der Waals surface area (Å²) in [6.45, 7) is 10.4. The van der Waals surface area contributed by atoms with Crippen molar-refractivity contribution < 1.29 is 4.74 Å². The second kappa shape index (κ2) is 10.6. The van der Waals surface area contributed by atoms with Gasteiger partial charge in [0.05, 0.1) is 19.3 Å². The lowest BCUT2D eigenvalue weighted by molar-refractivity contribution is -0.00815. The molecule has 3 atom stereocenters. The highest BCUT2D eigenvalue weighted by Crippen LogP contribution is 2.22. The zero-order valence-corrected chi connectivity index (χ0v) is 19.4. The molecule has 2 aliphatic heterocycles. The van der Waals surface area contributed by atoms with E-state index in [1.54, 1.807) is 0 Å². The van der Waals surface area contributed by atoms with Crippen molar-refractivity contribution >= 4 is 29.9 Å². The van der Waals surface area contributed by atoms with Crippen LogP contribution in [0.15, 0.2) is 17.4 Å². The number of hydrogen-bond donors (Lipinski definition) is 1. The van der Waals surface area contributed by atoms with Gasteiger partial charge in [-0.25, -0.2) is 0 Å². The first-order valence-electron chi connectivity index (χ1n) is 9.86. The highest BCUT2D eigenvalue weighted by atomic mass is 127. The predicted octanol–water partition coefficient (Wildman–Crippen LogP) is 2.11. The molecule has 0 aromatic carbocycles. The number of halogens is 1. The van der Waals surface area contributed by atoms with Crippen molar-refractivity contribution in [3.8, 4) is 0 Å². The van der Waals surface area contributed by atoms with E-state index >= 15 is 0 Å². The summed E-state index contributed by atoms with van der Waals surface area (Å²) in [5.74, 6) is 1.78. The molecule has 2 saturated heterocycles. The number of aryl methyl sites for hydroxylation is 1. The zero-order chi connectivity index (χ0) is 18.5. The van der Waals surface area contributed by atoms with Gasteiger partial charge in [-0.15, -0.1) is 24.0 Å². The summed E-state index contributed by atoms with van der Waals surface area (Å²) in [4.78, 5) is 9.42. The van der Waals surface area contributed by atoms with Gasteiger partial charge in [0.25, 0.3) is 0 Å². The van der Waals surface area contributed by atoms with Crippen LogP contribution in [0.3, 0.4) is 0 Å². The number of aliphatic imine (C=N–C) groups is 1. The largest absolute Gasteiger partial charge is 0.370 e. The molecule has 27 heavy (non-hydrogen) atoms. The van der Waals surface area contributed by atoms with Crippen molar-refractivity contribution in [2.75, 3.05) is 46.4 Å². The van der Waals surface area contributed by atoms with E-state index in [9.17, 15) is 0 Å². The molecule has 0 saturated carbocycles. The van der Waals surface area contributed by atoms with E-state index in [0.29, 0.717) is 12.6 Å². The number of piperidine rings is 1. The van der Waals surface area contributed by atoms with Crippen molar-refractivity contribution in [1.82, 2.24) is 24.9 Å². The first-order chi connectivity index (χ1) is 12.6. The van der Waals surface area contributed by atoms with Gasteiger partial charge in [0.1, 0.15) is 6.10 Å². The van der Waals surface area contributed by atoms with Crippen LogP contribution in [0.2, 0.25) is 0 Å². The Bertz CT molecular complexity index is 607. The van der Waals surface area contributed by atoms with Crippen LogP contribution in [-0.4, -0.2) is 78.0 Å². The normalized spacial score (nSPS) is 25.8. The Kier molecular flexibility index (Phi) is 8.81. The third-order valence-corrected chi connectivity index (χ3v) is 5.54. The SMILES string of the molecule is CN=C(NCC(C)N1CCCC(C)C1)N1CCOC(c2cnn(C)c2)C1.I. The van der Waals surface area contributed by atoms with Gasteiger partial charge >= 0.3 is 0 Å². The third kappa shape index (κ3) is 6.05. The Morgan fingerprint density at radius 1 is 1.41 bits per heavy atom. The highest BCUT2D eigenvalue weighted by molar-refractivity contribution is 14.0. The first kappa shape index (κ1) is 22.4. The maximum atomic E-state index is 5.95. The van der Waals surface area contributed by atoms with Crippen LogP contribution in [0.1, 0.15) is 38.4 Å². The third-order valence-electron chi connectivity index (χ3n) is 5.54. The van der Waals surface area contributed by atoms with Gasteiger partial charge in [-0.05, 0) is 32.2 Å². The smallest absolute Gasteiger partial charge is 0.193 e. The molecular weight excluding hydrogens is 455 g/mol. The summed E-state index contributed by atoms with van der Waals surface area (Å²) in [6, 6.07) is 0.518. The highest BCUT2D eigenvalue weighted by Gasteiger charge is 2.26. The summed E-state index contributed by atoms with van der Waals surface area (Å²) in [7, 11) is 3.80. The molecule has 0 radical (unpaired) electrons. The maximum Gasteiger partial charge on any atom is 0.193 e. The monoisotopic (exact) mass is 490 g/mol. The molecule has 0 amide bonds. The minimum absolute atomic E-state index is 0. The lowest BCUT2D eigenvalue weighted by atomic mass is 9.99. The van der Waals surface area contributed by atoms with Gasteiger partial charge < -0.3 is 15.0 Å². The lowest BCUT2D eigenvalue weighted by Crippen LogP contribution is -2.52. The molecule has 1 aromatic rings. The maximum absolute atomic E-state index is 5.95. The Balaban J connectivity index is 0.00000261. The summed E-state index contributed by atoms with van der Waals surface area (Å²) in [5.41, 5.74) is 1.13. The van der Waals surface area contributed by atoms with E-state index in [0.717, 1.165) is 37.1 Å². The van der Waals surface area contributed by atoms with E-state index in [4.69, 9.17) is 4.74 Å². The molecule has 2 aliphatic rings. The molecule has 0 aliphatic carbocycles. The fourth-order valence-corrected chi connectivity index (χ4v) is 3.98. The number of rotatable bonds is 4. The van der Waals surface area contributed by atoms with Gasteiger partial charge in [0.2, 0.25) is 0 Å². The van der Waals surface area contributed by atoms with E-state index in [1.807, 2.05) is 31.2 Å². The number of guanidine groups is 1. The van der Waals surface area contributed by atoms with Crippen molar-refractivity contribution in [2.45, 2.75) is 38.8 Å². The fourth-order valence-electron chi connectivity index (χ4n) is 3.98. The van der Waals surface area contributed by atoms with Crippen molar-refractivity contribution in [1.29, 1.82) is 0 Å². The number of aromatic nitrogens is 2. The molecular formula is C19H35IN6O. The number of morpholine rings is 1. The Morgan fingerprint density at radius 3 is 2.89 bits per heavy atom. The minimum Gasteiger partial charge on any atom is -0.370 e. The molecule has 0 bridgehead atoms. The Morgan fingerprint density at radius 2 is 2.22 bits per heavy atom. The molecule has 8 heteroatoms. The number of hydrogen-bond acceptors (Lipinski definition) is 4. The van der Waals surface area contributed by atoms with E-state index < -0.39 is 0 Å². The van der Waals surface area contributed by atoms with E-state index in [2.05, 4.69) is 39.1 Å². The van der Waals surface area contributed by atoms with Crippen LogP contribution in [0.4, 0.5) is 0 Å². The molecule has 3 rings (SSSR count). The number of ether oxygens (including phenoxy) is 1. The van der Waals surface area contributed by atoms with Crippen LogP contribution in [0, 0.1) is 5.92 Å². The van der Waals surface area contributed by atoms with E-state index in [1.165, 1.54) is 25.9 Å². The van der Waals surface area contributed by atoms with E-state index in [-0.39, 0.29) is 30.1 Å². The Hall–Kier alpha value is -0.870. The molecule has 7 nitrogen and oxygen atoms in total. The average Bonchev–Trinajstić information content (AvgIpc) is 3.09. The number of likely N-dealkylation sites (tertiary alicyclic amines) is 1. The molecule has 1 N–H and O–H groups in total. The fraction of sp³-hybridized carbons (Fsp3) is 0.789. The van der Waals surface area contributed by atoms with Crippen LogP contribution in [-0.2, 0) is 11.8 Å². The van der Waals surface area contributed by atoms with Crippen LogP contribution in [0.25, 0.3) is 0 Å². The van der Waals surface area contributed by atoms with Gasteiger partial charge in [0.15, 0.2) is 5.96 Å². The second-order valence-electron chi connectivity index (χ2n) is 7.77. The standard InChI is InChI=1S/C19H34N6O.HI/c1-15-6-5-7-24(12-15)16(2)10-21-19(20-3)25-8-9-26-18(14-25)17-11-22-23(4)13-17;/h11,13,15-16,18H,5-10,12,14H2,1-4H3,(H,20,21);1H. The Labute approximate surface area is 180 Å². The molecule has 3 heterocycles. The summed E-state index contributed by atoms with van der Waals surface area (Å²) < 4.78 is 7.77. The van der Waals surface area contributed by atoms with Crippen molar-refractivity contribution in [3.63, 3.8) is 0 Å². The van der Waals surface area contributed by atoms with Crippen LogP contribution in [0.5, 0.6) is 0 Å². The van der Waals surface area contributed by atoms with Crippen LogP contribution >= 0.6 is 24.0 Å². The molecule has 0 spiro atoms. The number of nitrogens with one attached hydrogen (secondary N) is 1. The van der Waals surface area contributed by atoms with Gasteiger partial charge in [0, 0.05) is 51.5 Å². The molecule has 2 fully saturated rings. The van der Waals surface area contributed by atoms with Gasteiger partial charge in [-0.3, -0.25) is 14.6 Å². The summed E-state index contributed by atoms with van der Waals surface area (Å²) >= 11 is 0. The first-order valence-corrected chi connectivity index (χ1v) is 9.86. The predicted molar refractivity (Wildman–Crippen MR) is 120 cm³/mol. The number of nitrogens with zero attached hydrogens (tertiary/aromatic N) is 5. The quantitative estimate of drug-likeness (QED) is 0.398. The summed E-state index contributed by atoms with van der Waals surface area (Å²) in [6.07, 6.45) is 6.66. The van der Waals surface area contributed by atoms with Gasteiger partial charge in [-0.2, -0.15) is 5.10 Å². The zero-order valence-electron chi connectivity index (χ0n) is 17.1. The molecule has 154 valence electrons. The molecule has 1 aromatic heterocycles. The topological polar surface area (TPSA) is 57.9 Å². The average molecular weight is 490 g/mol. The second-order valence-corrected chi connectivity index (χ2v) is 7.77.